The lowest BCUT2D eigenvalue weighted by atomic mass is 10.2. The lowest BCUT2D eigenvalue weighted by molar-refractivity contribution is 0.174. The number of rotatable bonds is 4. The van der Waals surface area contributed by atoms with Gasteiger partial charge in [-0.15, -0.1) is 5.10 Å². The van der Waals surface area contributed by atoms with Crippen LogP contribution in [0.25, 0.3) is 5.65 Å². The van der Waals surface area contributed by atoms with E-state index in [-0.39, 0.29) is 12.5 Å². The maximum absolute atomic E-state index is 12.8. The zero-order valence-electron chi connectivity index (χ0n) is 17.4. The number of benzene rings is 2. The van der Waals surface area contributed by atoms with Gasteiger partial charge in [-0.3, -0.25) is 0 Å². The molecule has 9 heteroatoms. The van der Waals surface area contributed by atoms with Crippen molar-refractivity contribution >= 4 is 17.2 Å². The standard InChI is InChI=1S/C23H22N6O3/c30-23-28-15-24-21(27-10-8-26(9-11-27)18-4-2-1-3-5-18)13-22(28)25-29(23)14-17-6-7-19-20(12-17)32-16-31-19/h1-7,12-13,15H,8-11,14,16H2. The van der Waals surface area contributed by atoms with Gasteiger partial charge in [0, 0.05) is 37.9 Å². The van der Waals surface area contributed by atoms with Crippen molar-refractivity contribution in [3.63, 3.8) is 0 Å². The van der Waals surface area contributed by atoms with Gasteiger partial charge in [0.15, 0.2) is 17.1 Å². The number of hydrogen-bond acceptors (Lipinski definition) is 7. The molecule has 0 saturated carbocycles. The van der Waals surface area contributed by atoms with E-state index in [4.69, 9.17) is 9.47 Å². The second-order valence-electron chi connectivity index (χ2n) is 7.91. The van der Waals surface area contributed by atoms with E-state index in [1.54, 1.807) is 6.33 Å². The predicted octanol–water partition coefficient (Wildman–Crippen LogP) is 1.99. The average Bonchev–Trinajstić information content (AvgIpc) is 3.43. The first-order valence-electron chi connectivity index (χ1n) is 10.6. The third kappa shape index (κ3) is 3.31. The van der Waals surface area contributed by atoms with Crippen LogP contribution in [0.2, 0.25) is 0 Å². The fraction of sp³-hybridized carbons (Fsp3) is 0.261. The maximum Gasteiger partial charge on any atom is 0.351 e. The molecule has 6 rings (SSSR count). The lowest BCUT2D eigenvalue weighted by Gasteiger charge is -2.36. The van der Waals surface area contributed by atoms with Gasteiger partial charge in [-0.25, -0.2) is 18.9 Å². The minimum Gasteiger partial charge on any atom is -0.454 e. The molecule has 0 spiro atoms. The van der Waals surface area contributed by atoms with Crippen LogP contribution in [-0.2, 0) is 6.54 Å². The molecule has 2 aromatic heterocycles. The van der Waals surface area contributed by atoms with Gasteiger partial charge in [-0.2, -0.15) is 0 Å². The van der Waals surface area contributed by atoms with Crippen LogP contribution in [0.4, 0.5) is 11.5 Å². The van der Waals surface area contributed by atoms with Crippen molar-refractivity contribution < 1.29 is 9.47 Å². The first-order chi connectivity index (χ1) is 15.7. The Kier molecular flexibility index (Phi) is 4.45. The van der Waals surface area contributed by atoms with Crippen LogP contribution in [0.5, 0.6) is 11.5 Å². The summed E-state index contributed by atoms with van der Waals surface area (Å²) in [6.07, 6.45) is 1.57. The number of nitrogens with zero attached hydrogens (tertiary/aromatic N) is 6. The molecule has 0 amide bonds. The SMILES string of the molecule is O=c1n(Cc2ccc3c(c2)OCO3)nc2cc(N3CCN(c4ccccc4)CC3)ncn12. The van der Waals surface area contributed by atoms with E-state index < -0.39 is 0 Å². The van der Waals surface area contributed by atoms with Crippen LogP contribution in [0.3, 0.4) is 0 Å². The molecule has 4 aromatic rings. The van der Waals surface area contributed by atoms with Crippen LogP contribution < -0.4 is 25.0 Å². The van der Waals surface area contributed by atoms with E-state index in [0.717, 1.165) is 43.3 Å². The predicted molar refractivity (Wildman–Crippen MR) is 120 cm³/mol. The Bertz CT molecular complexity index is 1320. The van der Waals surface area contributed by atoms with Crippen molar-refractivity contribution in [2.75, 3.05) is 42.8 Å². The largest absolute Gasteiger partial charge is 0.454 e. The normalized spacial score (nSPS) is 15.5. The topological polar surface area (TPSA) is 77.1 Å². The highest BCUT2D eigenvalue weighted by Gasteiger charge is 2.20. The Morgan fingerprint density at radius 2 is 1.66 bits per heavy atom. The molecule has 2 aliphatic rings. The van der Waals surface area contributed by atoms with Crippen molar-refractivity contribution in [1.82, 2.24) is 19.2 Å². The van der Waals surface area contributed by atoms with Crippen LogP contribution in [0.1, 0.15) is 5.56 Å². The summed E-state index contributed by atoms with van der Waals surface area (Å²) in [6, 6.07) is 18.0. The van der Waals surface area contributed by atoms with Gasteiger partial charge >= 0.3 is 5.69 Å². The van der Waals surface area contributed by atoms with Crippen LogP contribution >= 0.6 is 0 Å². The van der Waals surface area contributed by atoms with Gasteiger partial charge in [-0.1, -0.05) is 24.3 Å². The summed E-state index contributed by atoms with van der Waals surface area (Å²) >= 11 is 0. The Hall–Kier alpha value is -4.01. The highest BCUT2D eigenvalue weighted by Crippen LogP contribution is 2.32. The van der Waals surface area contributed by atoms with E-state index in [0.29, 0.717) is 17.9 Å². The van der Waals surface area contributed by atoms with Crippen molar-refractivity contribution in [1.29, 1.82) is 0 Å². The third-order valence-electron chi connectivity index (χ3n) is 5.95. The molecule has 9 nitrogen and oxygen atoms in total. The molecule has 2 aromatic carbocycles. The summed E-state index contributed by atoms with van der Waals surface area (Å²) in [6.45, 7) is 4.13. The second-order valence-corrected chi connectivity index (χ2v) is 7.91. The summed E-state index contributed by atoms with van der Waals surface area (Å²) in [7, 11) is 0. The Morgan fingerprint density at radius 3 is 2.50 bits per heavy atom. The number of piperazine rings is 1. The summed E-state index contributed by atoms with van der Waals surface area (Å²) in [5.74, 6) is 2.25. The number of fused-ring (bicyclic) bond motifs is 2. The molecule has 2 aliphatic heterocycles. The fourth-order valence-corrected chi connectivity index (χ4v) is 4.23. The summed E-state index contributed by atoms with van der Waals surface area (Å²) in [4.78, 5) is 22.0. The third-order valence-corrected chi connectivity index (χ3v) is 5.95. The highest BCUT2D eigenvalue weighted by molar-refractivity contribution is 5.53. The molecule has 0 N–H and O–H groups in total. The molecular formula is C23H22N6O3. The van der Waals surface area contributed by atoms with Crippen molar-refractivity contribution in [2.45, 2.75) is 6.54 Å². The summed E-state index contributed by atoms with van der Waals surface area (Å²) in [5.41, 5.74) is 2.53. The number of ether oxygens (including phenoxy) is 2. The Labute approximate surface area is 184 Å². The number of para-hydroxylation sites is 1. The maximum atomic E-state index is 12.8. The molecule has 0 bridgehead atoms. The Balaban J connectivity index is 1.21. The first-order valence-corrected chi connectivity index (χ1v) is 10.6. The molecule has 1 saturated heterocycles. The lowest BCUT2D eigenvalue weighted by Crippen LogP contribution is -2.46. The smallest absolute Gasteiger partial charge is 0.351 e. The molecule has 32 heavy (non-hydrogen) atoms. The fourth-order valence-electron chi connectivity index (χ4n) is 4.23. The molecule has 4 heterocycles. The zero-order chi connectivity index (χ0) is 21.5. The summed E-state index contributed by atoms with van der Waals surface area (Å²) in [5, 5.41) is 4.54. The van der Waals surface area contributed by atoms with Crippen LogP contribution in [0, 0.1) is 0 Å². The molecule has 0 radical (unpaired) electrons. The average molecular weight is 430 g/mol. The first kappa shape index (κ1) is 18.7. The minimum absolute atomic E-state index is 0.217. The number of hydrogen-bond donors (Lipinski definition) is 0. The van der Waals surface area contributed by atoms with E-state index >= 15 is 0 Å². The van der Waals surface area contributed by atoms with Gasteiger partial charge in [0.2, 0.25) is 6.79 Å². The van der Waals surface area contributed by atoms with Crippen molar-refractivity contribution in [3.05, 3.63) is 77.0 Å². The second kappa shape index (κ2) is 7.60. The van der Waals surface area contributed by atoms with Gasteiger partial charge in [0.05, 0.1) is 6.54 Å². The van der Waals surface area contributed by atoms with Gasteiger partial charge in [0.25, 0.3) is 0 Å². The zero-order valence-corrected chi connectivity index (χ0v) is 17.4. The number of anilines is 2. The molecular weight excluding hydrogens is 408 g/mol. The Morgan fingerprint density at radius 1 is 0.875 bits per heavy atom. The monoisotopic (exact) mass is 430 g/mol. The molecule has 1 fully saturated rings. The summed E-state index contributed by atoms with van der Waals surface area (Å²) < 4.78 is 13.7. The molecule has 162 valence electrons. The quantitative estimate of drug-likeness (QED) is 0.490. The number of aromatic nitrogens is 4. The molecule has 0 aliphatic carbocycles. The van der Waals surface area contributed by atoms with Crippen LogP contribution in [0.15, 0.2) is 65.7 Å². The minimum atomic E-state index is -0.217. The van der Waals surface area contributed by atoms with Gasteiger partial charge in [-0.05, 0) is 29.8 Å². The van der Waals surface area contributed by atoms with Gasteiger partial charge < -0.3 is 19.3 Å². The molecule has 0 atom stereocenters. The van der Waals surface area contributed by atoms with E-state index in [9.17, 15) is 4.79 Å². The van der Waals surface area contributed by atoms with Crippen molar-refractivity contribution in [2.24, 2.45) is 0 Å². The van der Waals surface area contributed by atoms with Crippen LogP contribution in [-0.4, -0.2) is 52.1 Å². The van der Waals surface area contributed by atoms with E-state index in [1.807, 2.05) is 30.3 Å². The van der Waals surface area contributed by atoms with E-state index in [1.165, 1.54) is 14.8 Å². The van der Waals surface area contributed by atoms with E-state index in [2.05, 4.69) is 44.1 Å². The van der Waals surface area contributed by atoms with Gasteiger partial charge in [0.1, 0.15) is 12.1 Å². The molecule has 0 unspecified atom stereocenters. The van der Waals surface area contributed by atoms with Crippen molar-refractivity contribution in [3.8, 4) is 11.5 Å². The highest BCUT2D eigenvalue weighted by atomic mass is 16.7.